The molecular weight excluding hydrogens is 296 g/mol. The van der Waals surface area contributed by atoms with E-state index < -0.39 is 21.0 Å². The number of nitrogens with one attached hydrogen (secondary N) is 1. The lowest BCUT2D eigenvalue weighted by atomic mass is 10.2. The van der Waals surface area contributed by atoms with Gasteiger partial charge >= 0.3 is 0 Å². The third-order valence-corrected chi connectivity index (χ3v) is 3.45. The van der Waals surface area contributed by atoms with E-state index in [4.69, 9.17) is 14.3 Å². The number of methoxy groups -OCH3 is 1. The summed E-state index contributed by atoms with van der Waals surface area (Å²) in [7, 11) is -2.40. The van der Waals surface area contributed by atoms with Gasteiger partial charge < -0.3 is 14.5 Å². The van der Waals surface area contributed by atoms with Crippen molar-refractivity contribution in [2.45, 2.75) is 11.6 Å². The molecule has 2 rings (SSSR count). The molecule has 8 heteroatoms. The number of carbonyl (C=O) groups is 1. The van der Waals surface area contributed by atoms with Crippen LogP contribution in [0.5, 0.6) is 5.75 Å². The number of ether oxygens (including phenoxy) is 1. The van der Waals surface area contributed by atoms with Gasteiger partial charge in [0.1, 0.15) is 5.75 Å². The fraction of sp³-hybridized carbons (Fsp3) is 0.154. The molecule has 0 radical (unpaired) electrons. The quantitative estimate of drug-likeness (QED) is 0.851. The average Bonchev–Trinajstić information content (AvgIpc) is 2.95. The molecule has 0 aliphatic carbocycles. The van der Waals surface area contributed by atoms with Crippen molar-refractivity contribution in [1.29, 1.82) is 0 Å². The predicted octanol–water partition coefficient (Wildman–Crippen LogP) is 0.866. The molecule has 1 heterocycles. The van der Waals surface area contributed by atoms with Crippen LogP contribution in [0.15, 0.2) is 45.9 Å². The summed E-state index contributed by atoms with van der Waals surface area (Å²) >= 11 is 0. The third-order valence-electron chi connectivity index (χ3n) is 2.67. The van der Waals surface area contributed by atoms with E-state index in [0.717, 1.165) is 11.6 Å². The number of furan rings is 1. The standard InChI is InChI=1S/C13H14N2O5S/c1-19-10-4-2-3-9(7-10)8-15-13(16)11-5-6-12(20-11)21(14,17)18/h2-7H,8H2,1H3,(H,15,16)(H2,14,17,18). The second-order valence-corrected chi connectivity index (χ2v) is 5.69. The molecule has 3 N–H and O–H groups in total. The molecule has 1 aromatic heterocycles. The topological polar surface area (TPSA) is 112 Å². The van der Waals surface area contributed by atoms with Gasteiger partial charge in [-0.3, -0.25) is 4.79 Å². The number of amides is 1. The number of nitrogens with two attached hydrogens (primary N) is 1. The number of rotatable bonds is 5. The molecule has 2 aromatic rings. The van der Waals surface area contributed by atoms with Crippen molar-refractivity contribution in [3.8, 4) is 5.75 Å². The molecule has 21 heavy (non-hydrogen) atoms. The minimum absolute atomic E-state index is 0.123. The zero-order chi connectivity index (χ0) is 15.5. The van der Waals surface area contributed by atoms with E-state index in [9.17, 15) is 13.2 Å². The van der Waals surface area contributed by atoms with Gasteiger partial charge in [-0.25, -0.2) is 13.6 Å². The number of sulfonamides is 1. The highest BCUT2D eigenvalue weighted by Gasteiger charge is 2.17. The van der Waals surface area contributed by atoms with Crippen LogP contribution in [0.2, 0.25) is 0 Å². The fourth-order valence-corrected chi connectivity index (χ4v) is 2.11. The minimum Gasteiger partial charge on any atom is -0.497 e. The predicted molar refractivity (Wildman–Crippen MR) is 74.2 cm³/mol. The molecule has 1 aromatic carbocycles. The number of carbonyl (C=O) groups excluding carboxylic acids is 1. The Labute approximate surface area is 121 Å². The number of primary sulfonamides is 1. The fourth-order valence-electron chi connectivity index (χ4n) is 1.65. The Morgan fingerprint density at radius 2 is 2.10 bits per heavy atom. The highest BCUT2D eigenvalue weighted by Crippen LogP contribution is 2.14. The lowest BCUT2D eigenvalue weighted by molar-refractivity contribution is 0.0918. The van der Waals surface area contributed by atoms with Crippen molar-refractivity contribution in [2.24, 2.45) is 5.14 Å². The first kappa shape index (κ1) is 15.1. The number of hydrogen-bond acceptors (Lipinski definition) is 5. The van der Waals surface area contributed by atoms with Gasteiger partial charge in [0.2, 0.25) is 5.09 Å². The van der Waals surface area contributed by atoms with Crippen LogP contribution in [0.4, 0.5) is 0 Å². The van der Waals surface area contributed by atoms with Gasteiger partial charge in [-0.1, -0.05) is 12.1 Å². The summed E-state index contributed by atoms with van der Waals surface area (Å²) in [5.74, 6) is 0.0194. The van der Waals surface area contributed by atoms with Crippen LogP contribution in [0, 0.1) is 0 Å². The second kappa shape index (κ2) is 5.98. The number of benzene rings is 1. The monoisotopic (exact) mass is 310 g/mol. The smallest absolute Gasteiger partial charge is 0.287 e. The van der Waals surface area contributed by atoms with Gasteiger partial charge in [0.15, 0.2) is 5.76 Å². The van der Waals surface area contributed by atoms with Crippen molar-refractivity contribution in [1.82, 2.24) is 5.32 Å². The van der Waals surface area contributed by atoms with Crippen LogP contribution in [-0.2, 0) is 16.6 Å². The molecule has 0 atom stereocenters. The Morgan fingerprint density at radius 3 is 2.71 bits per heavy atom. The first-order valence-electron chi connectivity index (χ1n) is 5.94. The lowest BCUT2D eigenvalue weighted by Gasteiger charge is -2.05. The average molecular weight is 310 g/mol. The second-order valence-electron chi connectivity index (χ2n) is 4.20. The first-order chi connectivity index (χ1) is 9.90. The molecule has 112 valence electrons. The Hall–Kier alpha value is -2.32. The summed E-state index contributed by atoms with van der Waals surface area (Å²) in [6.07, 6.45) is 0. The zero-order valence-corrected chi connectivity index (χ0v) is 12.0. The van der Waals surface area contributed by atoms with Crippen LogP contribution in [0.3, 0.4) is 0 Å². The largest absolute Gasteiger partial charge is 0.497 e. The van der Waals surface area contributed by atoms with Gasteiger partial charge in [-0.15, -0.1) is 0 Å². The normalized spacial score (nSPS) is 11.1. The highest BCUT2D eigenvalue weighted by molar-refractivity contribution is 7.89. The molecule has 0 spiro atoms. The van der Waals surface area contributed by atoms with Crippen molar-refractivity contribution in [2.75, 3.05) is 7.11 Å². The molecule has 1 amide bonds. The van der Waals surface area contributed by atoms with E-state index in [0.29, 0.717) is 5.75 Å². The van der Waals surface area contributed by atoms with Crippen LogP contribution in [-0.4, -0.2) is 21.4 Å². The Morgan fingerprint density at radius 1 is 1.33 bits per heavy atom. The van der Waals surface area contributed by atoms with E-state index in [-0.39, 0.29) is 12.3 Å². The Balaban J connectivity index is 2.03. The molecule has 0 aliphatic heterocycles. The molecule has 0 bridgehead atoms. The summed E-state index contributed by atoms with van der Waals surface area (Å²) in [5.41, 5.74) is 0.834. The maximum absolute atomic E-state index is 11.8. The Kier molecular flexibility index (Phi) is 4.29. The highest BCUT2D eigenvalue weighted by atomic mass is 32.2. The van der Waals surface area contributed by atoms with E-state index >= 15 is 0 Å². The third kappa shape index (κ3) is 3.83. The van der Waals surface area contributed by atoms with Crippen molar-refractivity contribution in [3.63, 3.8) is 0 Å². The van der Waals surface area contributed by atoms with E-state index in [1.54, 1.807) is 25.3 Å². The first-order valence-corrected chi connectivity index (χ1v) is 7.48. The summed E-state index contributed by atoms with van der Waals surface area (Å²) in [6, 6.07) is 9.57. The van der Waals surface area contributed by atoms with Crippen molar-refractivity contribution < 1.29 is 22.4 Å². The van der Waals surface area contributed by atoms with Crippen LogP contribution >= 0.6 is 0 Å². The van der Waals surface area contributed by atoms with Crippen molar-refractivity contribution >= 4 is 15.9 Å². The SMILES string of the molecule is COc1cccc(CNC(=O)c2ccc(S(N)(=O)=O)o2)c1. The van der Waals surface area contributed by atoms with Crippen LogP contribution in [0.25, 0.3) is 0 Å². The molecule has 0 aliphatic rings. The Bertz CT molecular complexity index is 751. The van der Waals surface area contributed by atoms with E-state index in [1.807, 2.05) is 6.07 Å². The van der Waals surface area contributed by atoms with Gasteiger partial charge in [-0.2, -0.15) is 0 Å². The molecule has 0 saturated carbocycles. The maximum atomic E-state index is 11.8. The van der Waals surface area contributed by atoms with E-state index in [2.05, 4.69) is 5.32 Å². The summed E-state index contributed by atoms with van der Waals surface area (Å²) in [6.45, 7) is 0.251. The minimum atomic E-state index is -3.95. The molecule has 7 nitrogen and oxygen atoms in total. The summed E-state index contributed by atoms with van der Waals surface area (Å²) in [5, 5.41) is 7.06. The van der Waals surface area contributed by atoms with Crippen molar-refractivity contribution in [3.05, 3.63) is 47.7 Å². The van der Waals surface area contributed by atoms with Gasteiger partial charge in [0, 0.05) is 6.54 Å². The summed E-state index contributed by atoms with van der Waals surface area (Å²) < 4.78 is 32.1. The molecular formula is C13H14N2O5S. The molecule has 0 fully saturated rings. The van der Waals surface area contributed by atoms with Crippen LogP contribution in [0.1, 0.15) is 16.1 Å². The van der Waals surface area contributed by atoms with E-state index in [1.165, 1.54) is 6.07 Å². The maximum Gasteiger partial charge on any atom is 0.287 e. The van der Waals surface area contributed by atoms with Gasteiger partial charge in [0.05, 0.1) is 7.11 Å². The molecule has 0 unspecified atom stereocenters. The lowest BCUT2D eigenvalue weighted by Crippen LogP contribution is -2.22. The van der Waals surface area contributed by atoms with Gasteiger partial charge in [-0.05, 0) is 29.8 Å². The zero-order valence-electron chi connectivity index (χ0n) is 11.2. The molecule has 0 saturated heterocycles. The van der Waals surface area contributed by atoms with Crippen LogP contribution < -0.4 is 15.2 Å². The number of hydrogen-bond donors (Lipinski definition) is 2. The van der Waals surface area contributed by atoms with Gasteiger partial charge in [0.25, 0.3) is 15.9 Å². The summed E-state index contributed by atoms with van der Waals surface area (Å²) in [4.78, 5) is 11.8.